The van der Waals surface area contributed by atoms with Gasteiger partial charge >= 0.3 is 0 Å². The predicted octanol–water partition coefficient (Wildman–Crippen LogP) is 2.34. The van der Waals surface area contributed by atoms with Crippen LogP contribution in [-0.2, 0) is 0 Å². The number of β-amino-alcohol motifs (C(OH)–C–C–N with tert-alkyl or cyclic N) is 1. The molecule has 1 N–H and O–H groups in total. The lowest BCUT2D eigenvalue weighted by Gasteiger charge is -2.30. The maximum atomic E-state index is 12.5. The van der Waals surface area contributed by atoms with E-state index in [9.17, 15) is 9.90 Å². The first-order valence-corrected chi connectivity index (χ1v) is 7.42. The van der Waals surface area contributed by atoms with Crippen molar-refractivity contribution in [2.24, 2.45) is 0 Å². The van der Waals surface area contributed by atoms with Gasteiger partial charge in [-0.1, -0.05) is 11.6 Å². The molecule has 1 amide bonds. The van der Waals surface area contributed by atoms with Crippen molar-refractivity contribution >= 4 is 17.5 Å². The summed E-state index contributed by atoms with van der Waals surface area (Å²) >= 11 is 6.18. The number of amides is 1. The van der Waals surface area contributed by atoms with Gasteiger partial charge in [-0.25, -0.2) is 0 Å². The monoisotopic (exact) mass is 313 g/mol. The van der Waals surface area contributed by atoms with Crippen LogP contribution in [0.5, 0.6) is 11.5 Å². The number of nitrogens with zero attached hydrogens (tertiary/aromatic N) is 1. The minimum atomic E-state index is -0.456. The van der Waals surface area contributed by atoms with Gasteiger partial charge in [0.25, 0.3) is 5.91 Å². The van der Waals surface area contributed by atoms with Crippen molar-refractivity contribution < 1.29 is 19.4 Å². The lowest BCUT2D eigenvalue weighted by atomic mass is 10.1. The van der Waals surface area contributed by atoms with E-state index in [1.54, 1.807) is 17.0 Å². The standard InChI is InChI=1S/C15H20ClNO4/c1-3-21-14-12(16)7-10(8-13(14)20-2)15(19)17-6-4-5-11(18)9-17/h7-8,11,18H,3-6,9H2,1-2H3. The van der Waals surface area contributed by atoms with Crippen molar-refractivity contribution in [1.29, 1.82) is 0 Å². The minimum Gasteiger partial charge on any atom is -0.493 e. The molecule has 5 nitrogen and oxygen atoms in total. The van der Waals surface area contributed by atoms with Gasteiger partial charge in [0, 0.05) is 18.7 Å². The fraction of sp³-hybridized carbons (Fsp3) is 0.533. The number of benzene rings is 1. The molecule has 1 saturated heterocycles. The van der Waals surface area contributed by atoms with Crippen molar-refractivity contribution in [2.45, 2.75) is 25.9 Å². The first kappa shape index (κ1) is 15.9. The molecule has 1 aliphatic rings. The molecule has 1 aromatic rings. The Labute approximate surface area is 129 Å². The molecular weight excluding hydrogens is 294 g/mol. The van der Waals surface area contributed by atoms with E-state index < -0.39 is 6.10 Å². The van der Waals surface area contributed by atoms with Crippen LogP contribution in [0.25, 0.3) is 0 Å². The third-order valence-corrected chi connectivity index (χ3v) is 3.73. The maximum absolute atomic E-state index is 12.5. The molecule has 1 atom stereocenters. The van der Waals surface area contributed by atoms with Crippen LogP contribution in [0.3, 0.4) is 0 Å². The summed E-state index contributed by atoms with van der Waals surface area (Å²) in [5.74, 6) is 0.721. The molecule has 1 unspecified atom stereocenters. The molecular formula is C15H20ClNO4. The van der Waals surface area contributed by atoms with Gasteiger partial charge in [-0.15, -0.1) is 0 Å². The molecule has 1 fully saturated rings. The van der Waals surface area contributed by atoms with Gasteiger partial charge in [0.05, 0.1) is 24.8 Å². The zero-order valence-corrected chi connectivity index (χ0v) is 13.0. The molecule has 0 spiro atoms. The summed E-state index contributed by atoms with van der Waals surface area (Å²) in [4.78, 5) is 14.1. The van der Waals surface area contributed by atoms with Crippen LogP contribution in [0.2, 0.25) is 5.02 Å². The number of aliphatic hydroxyl groups is 1. The van der Waals surface area contributed by atoms with E-state index in [1.807, 2.05) is 6.92 Å². The van der Waals surface area contributed by atoms with Gasteiger partial charge in [-0.2, -0.15) is 0 Å². The summed E-state index contributed by atoms with van der Waals surface area (Å²) in [5.41, 5.74) is 0.439. The number of ether oxygens (including phenoxy) is 2. The average molecular weight is 314 g/mol. The molecule has 0 saturated carbocycles. The number of hydrogen-bond acceptors (Lipinski definition) is 4. The van der Waals surface area contributed by atoms with E-state index in [0.29, 0.717) is 41.8 Å². The van der Waals surface area contributed by atoms with Crippen molar-refractivity contribution in [1.82, 2.24) is 4.90 Å². The molecule has 6 heteroatoms. The normalized spacial score (nSPS) is 18.5. The largest absolute Gasteiger partial charge is 0.493 e. The van der Waals surface area contributed by atoms with E-state index in [-0.39, 0.29) is 5.91 Å². The molecule has 0 aliphatic carbocycles. The van der Waals surface area contributed by atoms with Gasteiger partial charge in [-0.3, -0.25) is 4.79 Å². The summed E-state index contributed by atoms with van der Waals surface area (Å²) in [6, 6.07) is 3.21. The molecule has 21 heavy (non-hydrogen) atoms. The van der Waals surface area contributed by atoms with Gasteiger partial charge in [0.15, 0.2) is 11.5 Å². The van der Waals surface area contributed by atoms with Crippen LogP contribution in [0, 0.1) is 0 Å². The molecule has 2 rings (SSSR count). The second-order valence-electron chi connectivity index (χ2n) is 4.97. The van der Waals surface area contributed by atoms with E-state index in [0.717, 1.165) is 12.8 Å². The smallest absolute Gasteiger partial charge is 0.254 e. The number of carbonyl (C=O) groups is 1. The van der Waals surface area contributed by atoms with Crippen molar-refractivity contribution in [3.8, 4) is 11.5 Å². The number of halogens is 1. The fourth-order valence-corrected chi connectivity index (χ4v) is 2.71. The number of likely N-dealkylation sites (tertiary alicyclic amines) is 1. The molecule has 1 heterocycles. The molecule has 116 valence electrons. The van der Waals surface area contributed by atoms with Crippen LogP contribution in [-0.4, -0.2) is 48.8 Å². The molecule has 0 radical (unpaired) electrons. The number of piperidine rings is 1. The number of carbonyl (C=O) groups excluding carboxylic acids is 1. The van der Waals surface area contributed by atoms with Crippen molar-refractivity contribution in [3.05, 3.63) is 22.7 Å². The summed E-state index contributed by atoms with van der Waals surface area (Å²) in [5, 5.41) is 10.0. The number of rotatable bonds is 4. The van der Waals surface area contributed by atoms with E-state index in [1.165, 1.54) is 7.11 Å². The number of methoxy groups -OCH3 is 1. The van der Waals surface area contributed by atoms with E-state index in [2.05, 4.69) is 0 Å². The first-order valence-electron chi connectivity index (χ1n) is 7.04. The van der Waals surface area contributed by atoms with Gasteiger partial charge in [0.1, 0.15) is 0 Å². The highest BCUT2D eigenvalue weighted by molar-refractivity contribution is 6.32. The zero-order valence-electron chi connectivity index (χ0n) is 12.3. The summed E-state index contributed by atoms with van der Waals surface area (Å²) in [7, 11) is 1.51. The Kier molecular flexibility index (Phi) is 5.31. The van der Waals surface area contributed by atoms with Crippen LogP contribution in [0.1, 0.15) is 30.1 Å². The Balaban J connectivity index is 2.27. The predicted molar refractivity (Wildman–Crippen MR) is 80.3 cm³/mol. The third kappa shape index (κ3) is 3.60. The topological polar surface area (TPSA) is 59.0 Å². The Morgan fingerprint density at radius 2 is 2.29 bits per heavy atom. The molecule has 1 aliphatic heterocycles. The highest BCUT2D eigenvalue weighted by atomic mass is 35.5. The molecule has 0 aromatic heterocycles. The fourth-order valence-electron chi connectivity index (χ4n) is 2.45. The van der Waals surface area contributed by atoms with Crippen LogP contribution < -0.4 is 9.47 Å². The Morgan fingerprint density at radius 1 is 1.52 bits per heavy atom. The zero-order chi connectivity index (χ0) is 15.4. The van der Waals surface area contributed by atoms with Gasteiger partial charge in [-0.05, 0) is 31.9 Å². The summed E-state index contributed by atoms with van der Waals surface area (Å²) in [6.45, 7) is 3.31. The third-order valence-electron chi connectivity index (χ3n) is 3.45. The van der Waals surface area contributed by atoms with E-state index in [4.69, 9.17) is 21.1 Å². The Morgan fingerprint density at radius 3 is 2.90 bits per heavy atom. The van der Waals surface area contributed by atoms with Crippen LogP contribution >= 0.6 is 11.6 Å². The van der Waals surface area contributed by atoms with Crippen LogP contribution in [0.15, 0.2) is 12.1 Å². The lowest BCUT2D eigenvalue weighted by molar-refractivity contribution is 0.0473. The lowest BCUT2D eigenvalue weighted by Crippen LogP contribution is -2.42. The Hall–Kier alpha value is -1.46. The molecule has 0 bridgehead atoms. The minimum absolute atomic E-state index is 0.156. The summed E-state index contributed by atoms with van der Waals surface area (Å²) < 4.78 is 10.7. The SMILES string of the molecule is CCOc1c(Cl)cc(C(=O)N2CCCC(O)C2)cc1OC. The summed E-state index contributed by atoms with van der Waals surface area (Å²) in [6.07, 6.45) is 1.08. The molecule has 1 aromatic carbocycles. The van der Waals surface area contributed by atoms with Gasteiger partial charge < -0.3 is 19.5 Å². The second kappa shape index (κ2) is 7.00. The first-order chi connectivity index (χ1) is 10.1. The van der Waals surface area contributed by atoms with Crippen molar-refractivity contribution in [2.75, 3.05) is 26.8 Å². The highest BCUT2D eigenvalue weighted by Gasteiger charge is 2.24. The average Bonchev–Trinajstić information content (AvgIpc) is 2.48. The number of aliphatic hydroxyl groups excluding tert-OH is 1. The maximum Gasteiger partial charge on any atom is 0.254 e. The highest BCUT2D eigenvalue weighted by Crippen LogP contribution is 2.36. The Bertz CT molecular complexity index is 521. The van der Waals surface area contributed by atoms with Gasteiger partial charge in [0.2, 0.25) is 0 Å². The van der Waals surface area contributed by atoms with Crippen LogP contribution in [0.4, 0.5) is 0 Å². The van der Waals surface area contributed by atoms with Crippen molar-refractivity contribution in [3.63, 3.8) is 0 Å². The van der Waals surface area contributed by atoms with E-state index >= 15 is 0 Å². The second-order valence-corrected chi connectivity index (χ2v) is 5.38. The number of hydrogen-bond donors (Lipinski definition) is 1. The quantitative estimate of drug-likeness (QED) is 0.927.